The number of hydrogen-bond acceptors (Lipinski definition) is 2. The molecule has 0 atom stereocenters. The minimum absolute atomic E-state index is 0.567. The highest BCUT2D eigenvalue weighted by atomic mass is 32.2. The Morgan fingerprint density at radius 1 is 1.75 bits per heavy atom. The van der Waals surface area contributed by atoms with Crippen molar-refractivity contribution >= 4 is 16.9 Å². The van der Waals surface area contributed by atoms with Gasteiger partial charge in [0.25, 0.3) is 0 Å². The Bertz CT molecular complexity index is 118. The van der Waals surface area contributed by atoms with Gasteiger partial charge < -0.3 is 5.73 Å². The molecule has 46 valence electrons. The molecular formula is C5H10N2S. The van der Waals surface area contributed by atoms with Crippen molar-refractivity contribution in [3.8, 4) is 0 Å². The van der Waals surface area contributed by atoms with Crippen molar-refractivity contribution in [1.29, 1.82) is 0 Å². The fourth-order valence-corrected chi connectivity index (χ4v) is 0.672. The molecule has 0 aliphatic rings. The zero-order valence-corrected chi connectivity index (χ0v) is 5.96. The van der Waals surface area contributed by atoms with Crippen molar-refractivity contribution in [2.24, 2.45) is 10.7 Å². The smallest absolute Gasteiger partial charge is 0.158 e. The van der Waals surface area contributed by atoms with Gasteiger partial charge in [-0.3, -0.25) is 4.99 Å². The highest BCUT2D eigenvalue weighted by Crippen LogP contribution is 2.09. The molecule has 0 radical (unpaired) electrons. The maximum Gasteiger partial charge on any atom is 0.158 e. The first-order valence-electron chi connectivity index (χ1n) is 2.22. The van der Waals surface area contributed by atoms with E-state index in [1.165, 1.54) is 11.8 Å². The number of amidine groups is 1. The Morgan fingerprint density at radius 2 is 2.25 bits per heavy atom. The molecule has 8 heavy (non-hydrogen) atoms. The zero-order valence-electron chi connectivity index (χ0n) is 5.14. The molecule has 0 aromatic rings. The summed E-state index contributed by atoms with van der Waals surface area (Å²) in [6, 6.07) is 0. The first-order chi connectivity index (χ1) is 3.66. The number of hydrogen-bond donors (Lipinski definition) is 1. The normalized spacial score (nSPS) is 11.5. The quantitative estimate of drug-likeness (QED) is 0.428. The monoisotopic (exact) mass is 130 g/mol. The van der Waals surface area contributed by atoms with E-state index in [0.29, 0.717) is 5.17 Å². The van der Waals surface area contributed by atoms with Crippen LogP contribution in [-0.2, 0) is 0 Å². The van der Waals surface area contributed by atoms with Gasteiger partial charge in [0.05, 0.1) is 0 Å². The fraction of sp³-hybridized carbons (Fsp3) is 0.400. The Morgan fingerprint density at radius 3 is 2.38 bits per heavy atom. The van der Waals surface area contributed by atoms with E-state index in [4.69, 9.17) is 5.73 Å². The van der Waals surface area contributed by atoms with Gasteiger partial charge in [0.1, 0.15) is 0 Å². The van der Waals surface area contributed by atoms with E-state index in [9.17, 15) is 0 Å². The van der Waals surface area contributed by atoms with Crippen LogP contribution in [-0.4, -0.2) is 12.2 Å². The molecule has 0 aliphatic heterocycles. The van der Waals surface area contributed by atoms with Gasteiger partial charge in [-0.05, 0) is 11.8 Å². The van der Waals surface area contributed by atoms with Crippen molar-refractivity contribution < 1.29 is 0 Å². The van der Waals surface area contributed by atoms with Crippen LogP contribution >= 0.6 is 11.8 Å². The summed E-state index contributed by atoms with van der Waals surface area (Å²) in [7, 11) is 1.66. The van der Waals surface area contributed by atoms with Gasteiger partial charge in [-0.25, -0.2) is 0 Å². The van der Waals surface area contributed by atoms with E-state index in [1.54, 1.807) is 7.05 Å². The predicted molar refractivity (Wildman–Crippen MR) is 40.0 cm³/mol. The van der Waals surface area contributed by atoms with Crippen LogP contribution in [0.5, 0.6) is 0 Å². The predicted octanol–water partition coefficient (Wildman–Crippen LogP) is 1.20. The molecule has 0 aromatic heterocycles. The van der Waals surface area contributed by atoms with Crippen LogP contribution in [0.15, 0.2) is 16.5 Å². The molecule has 3 heteroatoms. The Balaban J connectivity index is 3.56. The maximum absolute atomic E-state index is 5.33. The molecule has 0 heterocycles. The van der Waals surface area contributed by atoms with E-state index in [2.05, 4.69) is 11.6 Å². The second kappa shape index (κ2) is 3.55. The van der Waals surface area contributed by atoms with Gasteiger partial charge in [-0.2, -0.15) is 0 Å². The van der Waals surface area contributed by atoms with Crippen LogP contribution in [0.1, 0.15) is 6.92 Å². The van der Waals surface area contributed by atoms with Crippen LogP contribution in [0, 0.1) is 0 Å². The second-order valence-electron chi connectivity index (χ2n) is 1.37. The lowest BCUT2D eigenvalue weighted by molar-refractivity contribution is 1.44. The second-order valence-corrected chi connectivity index (χ2v) is 2.69. The number of rotatable bonds is 1. The molecule has 2 N–H and O–H groups in total. The van der Waals surface area contributed by atoms with E-state index in [0.717, 1.165) is 4.91 Å². The topological polar surface area (TPSA) is 38.4 Å². The highest BCUT2D eigenvalue weighted by molar-refractivity contribution is 8.17. The van der Waals surface area contributed by atoms with E-state index >= 15 is 0 Å². The molecule has 0 aliphatic carbocycles. The van der Waals surface area contributed by atoms with Crippen molar-refractivity contribution in [2.45, 2.75) is 6.92 Å². The maximum atomic E-state index is 5.33. The average Bonchev–Trinajstić information content (AvgIpc) is 1.65. The molecular weight excluding hydrogens is 120 g/mol. The first-order valence-corrected chi connectivity index (χ1v) is 3.04. The third-order valence-electron chi connectivity index (χ3n) is 0.499. The largest absolute Gasteiger partial charge is 0.378 e. The van der Waals surface area contributed by atoms with Gasteiger partial charge in [-0.15, -0.1) is 0 Å². The minimum atomic E-state index is 0.567. The summed E-state index contributed by atoms with van der Waals surface area (Å²) in [6.45, 7) is 5.54. The Kier molecular flexibility index (Phi) is 3.35. The van der Waals surface area contributed by atoms with Gasteiger partial charge >= 0.3 is 0 Å². The highest BCUT2D eigenvalue weighted by Gasteiger charge is 1.88. The van der Waals surface area contributed by atoms with E-state index in [-0.39, 0.29) is 0 Å². The minimum Gasteiger partial charge on any atom is -0.378 e. The van der Waals surface area contributed by atoms with Gasteiger partial charge in [0.2, 0.25) is 0 Å². The summed E-state index contributed by atoms with van der Waals surface area (Å²) >= 11 is 1.39. The molecule has 0 rings (SSSR count). The van der Waals surface area contributed by atoms with Crippen LogP contribution < -0.4 is 5.73 Å². The SMILES string of the molecule is C=C(C)SC(N)=NC. The van der Waals surface area contributed by atoms with Gasteiger partial charge in [0, 0.05) is 7.05 Å². The summed E-state index contributed by atoms with van der Waals surface area (Å²) in [6.07, 6.45) is 0. The Hall–Kier alpha value is -0.440. The van der Waals surface area contributed by atoms with Crippen molar-refractivity contribution in [3.63, 3.8) is 0 Å². The number of nitrogens with zero attached hydrogens (tertiary/aromatic N) is 1. The molecule has 0 saturated heterocycles. The lowest BCUT2D eigenvalue weighted by atomic mass is 10.8. The summed E-state index contributed by atoms with van der Waals surface area (Å²) < 4.78 is 0. The van der Waals surface area contributed by atoms with Crippen LogP contribution in [0.25, 0.3) is 0 Å². The van der Waals surface area contributed by atoms with Crippen LogP contribution in [0.4, 0.5) is 0 Å². The summed E-state index contributed by atoms with van der Waals surface area (Å²) in [5.41, 5.74) is 5.33. The zero-order chi connectivity index (χ0) is 6.57. The number of allylic oxidation sites excluding steroid dienone is 1. The van der Waals surface area contributed by atoms with E-state index in [1.807, 2.05) is 6.92 Å². The molecule has 2 nitrogen and oxygen atoms in total. The molecule has 0 amide bonds. The Labute approximate surface area is 53.9 Å². The standard InChI is InChI=1S/C5H10N2S/c1-4(2)8-5(6)7-3/h1H2,2-3H3,(H2,6,7). The van der Waals surface area contributed by atoms with Gasteiger partial charge in [-0.1, -0.05) is 18.3 Å². The molecule has 0 fully saturated rings. The average molecular weight is 130 g/mol. The molecule has 0 bridgehead atoms. The molecule has 0 saturated carbocycles. The van der Waals surface area contributed by atoms with Crippen LogP contribution in [0.3, 0.4) is 0 Å². The van der Waals surface area contributed by atoms with Gasteiger partial charge in [0.15, 0.2) is 5.17 Å². The van der Waals surface area contributed by atoms with Crippen LogP contribution in [0.2, 0.25) is 0 Å². The first kappa shape index (κ1) is 7.56. The third kappa shape index (κ3) is 3.74. The fourth-order valence-electron chi connectivity index (χ4n) is 0.224. The number of nitrogens with two attached hydrogens (primary N) is 1. The van der Waals surface area contributed by atoms with E-state index < -0.39 is 0 Å². The summed E-state index contributed by atoms with van der Waals surface area (Å²) in [4.78, 5) is 4.69. The van der Waals surface area contributed by atoms with Crippen molar-refractivity contribution in [2.75, 3.05) is 7.05 Å². The third-order valence-corrected chi connectivity index (χ3v) is 1.24. The summed E-state index contributed by atoms with van der Waals surface area (Å²) in [5.74, 6) is 0. The molecule has 0 aromatic carbocycles. The molecule has 0 unspecified atom stereocenters. The number of thioether (sulfide) groups is 1. The number of aliphatic imine (C=N–C) groups is 1. The molecule has 0 spiro atoms. The lowest BCUT2D eigenvalue weighted by Crippen LogP contribution is -2.04. The summed E-state index contributed by atoms with van der Waals surface area (Å²) in [5, 5.41) is 0.567. The van der Waals surface area contributed by atoms with Crippen molar-refractivity contribution in [3.05, 3.63) is 11.5 Å². The van der Waals surface area contributed by atoms with Crippen molar-refractivity contribution in [1.82, 2.24) is 0 Å². The lowest BCUT2D eigenvalue weighted by Gasteiger charge is -1.93.